The Bertz CT molecular complexity index is 1870. The molecular formula is C54H73BrN2O4. The van der Waals surface area contributed by atoms with Gasteiger partial charge in [0, 0.05) is 40.7 Å². The van der Waals surface area contributed by atoms with Crippen LogP contribution in [0.25, 0.3) is 10.8 Å². The Kier molecular flexibility index (Phi) is 14.9. The van der Waals surface area contributed by atoms with Gasteiger partial charge in [-0.05, 0) is 187 Å². The number of fused-ring (bicyclic) bond motifs is 1. The summed E-state index contributed by atoms with van der Waals surface area (Å²) in [5.74, 6) is 1.42. The van der Waals surface area contributed by atoms with Gasteiger partial charge in [0.05, 0.1) is 11.1 Å². The largest absolute Gasteiger partial charge is 0.459 e. The fourth-order valence-electron chi connectivity index (χ4n) is 13.6. The van der Waals surface area contributed by atoms with E-state index in [-0.39, 0.29) is 24.1 Å². The summed E-state index contributed by atoms with van der Waals surface area (Å²) in [7, 11) is 0. The number of hydrogen-bond donors (Lipinski definition) is 0. The molecule has 6 aliphatic rings. The highest BCUT2D eigenvalue weighted by Crippen LogP contribution is 2.45. The van der Waals surface area contributed by atoms with Gasteiger partial charge in [-0.25, -0.2) is 9.59 Å². The standard InChI is InChI=1S/C54H73BrN2O4/c55-44-29-23-41(24-30-44)53(58)60-51-19-9-17-49(36-51)56(45-13-3-1-4-14-45)47-31-25-39(26-32-47)40-27-33-48(34-28-40)57(46-15-5-2-6-16-46)50-18-10-20-52(37-50)61-54(59)43-22-21-38-11-7-8-12-42(38)35-43/h7-8,11-12,21-24,29-30,35,39-40,45-52H,1-6,9-10,13-20,25-28,31-34,36-37H2. The fraction of sp³-hybridized carbons (Fsp3) is 0.667. The summed E-state index contributed by atoms with van der Waals surface area (Å²) in [6.07, 6.45) is 33.3. The van der Waals surface area contributed by atoms with E-state index in [4.69, 9.17) is 9.47 Å². The Morgan fingerprint density at radius 3 is 1.36 bits per heavy atom. The molecule has 0 aliphatic heterocycles. The highest BCUT2D eigenvalue weighted by molar-refractivity contribution is 9.10. The minimum absolute atomic E-state index is 0.00941. The molecule has 0 spiro atoms. The first-order valence-corrected chi connectivity index (χ1v) is 26.0. The van der Waals surface area contributed by atoms with Crippen molar-refractivity contribution >= 4 is 38.6 Å². The molecule has 6 aliphatic carbocycles. The second-order valence-corrected chi connectivity index (χ2v) is 21.3. The SMILES string of the molecule is O=C(OC1CCCC(N(C2CCCCC2)C2CCC(C3CCC(N(C4CCCCC4)C4CCCC(OC(=O)c5ccc6ccccc6c5)C4)CC3)CC2)C1)c1ccc(Br)cc1. The lowest BCUT2D eigenvalue weighted by Crippen LogP contribution is -2.54. The van der Waals surface area contributed by atoms with Gasteiger partial charge in [0.25, 0.3) is 0 Å². The molecule has 6 saturated carbocycles. The van der Waals surface area contributed by atoms with Crippen LogP contribution in [-0.4, -0.2) is 70.2 Å². The Morgan fingerprint density at radius 1 is 0.426 bits per heavy atom. The molecule has 0 heterocycles. The van der Waals surface area contributed by atoms with Crippen LogP contribution in [0.1, 0.15) is 188 Å². The van der Waals surface area contributed by atoms with Crippen molar-refractivity contribution in [2.75, 3.05) is 0 Å². The summed E-state index contributed by atoms with van der Waals surface area (Å²) in [4.78, 5) is 32.7. The minimum Gasteiger partial charge on any atom is -0.459 e. The molecule has 4 unspecified atom stereocenters. The number of ether oxygens (including phenoxy) is 2. The molecule has 3 aromatic carbocycles. The van der Waals surface area contributed by atoms with Crippen molar-refractivity contribution < 1.29 is 19.1 Å². The second-order valence-electron chi connectivity index (χ2n) is 20.4. The summed E-state index contributed by atoms with van der Waals surface area (Å²) < 4.78 is 13.5. The molecule has 9 rings (SSSR count). The zero-order valence-electron chi connectivity index (χ0n) is 36.9. The number of nitrogens with zero attached hydrogens (tertiary/aromatic N) is 2. The lowest BCUT2D eigenvalue weighted by Gasteiger charge is -2.51. The molecule has 3 aromatic rings. The normalized spacial score (nSPS) is 30.9. The number of hydrogen-bond acceptors (Lipinski definition) is 6. The number of rotatable bonds is 11. The van der Waals surface area contributed by atoms with E-state index in [2.05, 4.69) is 43.9 Å². The highest BCUT2D eigenvalue weighted by Gasteiger charge is 2.42. The van der Waals surface area contributed by atoms with Crippen LogP contribution in [0.15, 0.2) is 71.2 Å². The first-order valence-electron chi connectivity index (χ1n) is 25.2. The Balaban J connectivity index is 0.799. The van der Waals surface area contributed by atoms with Crippen molar-refractivity contribution in [3.05, 3.63) is 82.3 Å². The summed E-state index contributed by atoms with van der Waals surface area (Å²) in [6, 6.07) is 25.7. The smallest absolute Gasteiger partial charge is 0.338 e. The summed E-state index contributed by atoms with van der Waals surface area (Å²) in [5.41, 5.74) is 1.33. The van der Waals surface area contributed by atoms with Gasteiger partial charge < -0.3 is 9.47 Å². The zero-order chi connectivity index (χ0) is 41.5. The van der Waals surface area contributed by atoms with Crippen molar-refractivity contribution in [1.29, 1.82) is 0 Å². The van der Waals surface area contributed by atoms with Crippen LogP contribution >= 0.6 is 15.9 Å². The molecule has 0 aromatic heterocycles. The van der Waals surface area contributed by atoms with Crippen molar-refractivity contribution in [3.8, 4) is 0 Å². The van der Waals surface area contributed by atoms with E-state index in [1.807, 2.05) is 48.5 Å². The molecule has 4 atom stereocenters. The molecule has 7 heteroatoms. The fourth-order valence-corrected chi connectivity index (χ4v) is 13.9. The van der Waals surface area contributed by atoms with Gasteiger partial charge in [-0.3, -0.25) is 9.80 Å². The molecule has 0 N–H and O–H groups in total. The van der Waals surface area contributed by atoms with Gasteiger partial charge in [0.15, 0.2) is 0 Å². The third-order valence-corrected chi connectivity index (χ3v) is 17.2. The third kappa shape index (κ3) is 10.8. The van der Waals surface area contributed by atoms with E-state index < -0.39 is 0 Å². The van der Waals surface area contributed by atoms with Crippen LogP contribution in [-0.2, 0) is 9.47 Å². The van der Waals surface area contributed by atoms with E-state index >= 15 is 0 Å². The van der Waals surface area contributed by atoms with Gasteiger partial charge in [-0.1, -0.05) is 84.8 Å². The van der Waals surface area contributed by atoms with Gasteiger partial charge in [0.2, 0.25) is 0 Å². The summed E-state index contributed by atoms with van der Waals surface area (Å²) in [6.45, 7) is 0. The number of halogens is 1. The maximum absolute atomic E-state index is 13.5. The predicted octanol–water partition coefficient (Wildman–Crippen LogP) is 13.6. The van der Waals surface area contributed by atoms with Crippen LogP contribution in [0, 0.1) is 11.8 Å². The molecule has 0 bridgehead atoms. The van der Waals surface area contributed by atoms with Crippen molar-refractivity contribution in [1.82, 2.24) is 9.80 Å². The van der Waals surface area contributed by atoms with Crippen LogP contribution in [0.4, 0.5) is 0 Å². The molecule has 6 nitrogen and oxygen atoms in total. The number of carbonyl (C=O) groups is 2. The molecule has 0 saturated heterocycles. The average Bonchev–Trinajstić information content (AvgIpc) is 3.31. The van der Waals surface area contributed by atoms with Crippen molar-refractivity contribution in [2.45, 2.75) is 215 Å². The first-order chi connectivity index (χ1) is 29.9. The topological polar surface area (TPSA) is 59.1 Å². The monoisotopic (exact) mass is 892 g/mol. The summed E-state index contributed by atoms with van der Waals surface area (Å²) in [5, 5.41) is 2.26. The van der Waals surface area contributed by atoms with Crippen LogP contribution < -0.4 is 0 Å². The number of carbonyl (C=O) groups excluding carboxylic acids is 2. The van der Waals surface area contributed by atoms with Gasteiger partial charge >= 0.3 is 11.9 Å². The molecule has 0 amide bonds. The van der Waals surface area contributed by atoms with E-state index in [9.17, 15) is 9.59 Å². The Hall–Kier alpha value is -2.74. The Morgan fingerprint density at radius 2 is 0.852 bits per heavy atom. The van der Waals surface area contributed by atoms with E-state index in [1.165, 1.54) is 128 Å². The number of benzene rings is 3. The molecular weight excluding hydrogens is 821 g/mol. The average molecular weight is 894 g/mol. The zero-order valence-corrected chi connectivity index (χ0v) is 38.5. The van der Waals surface area contributed by atoms with Crippen molar-refractivity contribution in [3.63, 3.8) is 0 Å². The molecule has 330 valence electrons. The maximum atomic E-state index is 13.5. The first kappa shape index (κ1) is 43.5. The molecule has 61 heavy (non-hydrogen) atoms. The third-order valence-electron chi connectivity index (χ3n) is 16.6. The lowest BCUT2D eigenvalue weighted by atomic mass is 9.70. The van der Waals surface area contributed by atoms with Gasteiger partial charge in [-0.15, -0.1) is 0 Å². The van der Waals surface area contributed by atoms with Crippen LogP contribution in [0.3, 0.4) is 0 Å². The Labute approximate surface area is 375 Å². The molecule has 6 fully saturated rings. The number of esters is 2. The molecule has 0 radical (unpaired) electrons. The highest BCUT2D eigenvalue weighted by atomic mass is 79.9. The van der Waals surface area contributed by atoms with Crippen LogP contribution in [0.2, 0.25) is 0 Å². The van der Waals surface area contributed by atoms with E-state index in [1.54, 1.807) is 0 Å². The van der Waals surface area contributed by atoms with E-state index in [0.717, 1.165) is 65.6 Å². The summed E-state index contributed by atoms with van der Waals surface area (Å²) >= 11 is 3.50. The minimum atomic E-state index is -0.166. The second kappa shape index (κ2) is 20.8. The predicted molar refractivity (Wildman–Crippen MR) is 250 cm³/mol. The quantitative estimate of drug-likeness (QED) is 0.179. The maximum Gasteiger partial charge on any atom is 0.338 e. The van der Waals surface area contributed by atoms with Crippen molar-refractivity contribution in [2.24, 2.45) is 11.8 Å². The van der Waals surface area contributed by atoms with Crippen LogP contribution in [0.5, 0.6) is 0 Å². The van der Waals surface area contributed by atoms with E-state index in [0.29, 0.717) is 47.4 Å². The van der Waals surface area contributed by atoms with Gasteiger partial charge in [-0.2, -0.15) is 0 Å². The lowest BCUT2D eigenvalue weighted by molar-refractivity contribution is -0.0348. The van der Waals surface area contributed by atoms with Gasteiger partial charge in [0.1, 0.15) is 12.2 Å².